The van der Waals surface area contributed by atoms with E-state index in [9.17, 15) is 9.59 Å². The molecule has 3 heterocycles. The van der Waals surface area contributed by atoms with Crippen LogP contribution in [0.25, 0.3) is 17.0 Å². The quantitative estimate of drug-likeness (QED) is 0.523. The van der Waals surface area contributed by atoms with Gasteiger partial charge < -0.3 is 5.32 Å². The normalized spacial score (nSPS) is 13.7. The van der Waals surface area contributed by atoms with Crippen LogP contribution in [-0.4, -0.2) is 40.7 Å². The van der Waals surface area contributed by atoms with Gasteiger partial charge >= 0.3 is 0 Å². The van der Waals surface area contributed by atoms with E-state index in [0.717, 1.165) is 35.4 Å². The number of rotatable bonds is 5. The lowest BCUT2D eigenvalue weighted by atomic mass is 10.1. The third kappa shape index (κ3) is 3.25. The van der Waals surface area contributed by atoms with Gasteiger partial charge in [0.15, 0.2) is 11.5 Å². The van der Waals surface area contributed by atoms with E-state index in [2.05, 4.69) is 30.9 Å². The van der Waals surface area contributed by atoms with Gasteiger partial charge in [0.2, 0.25) is 5.91 Å². The Morgan fingerprint density at radius 1 is 1.27 bits per heavy atom. The van der Waals surface area contributed by atoms with Crippen LogP contribution >= 0.6 is 0 Å². The summed E-state index contributed by atoms with van der Waals surface area (Å²) in [5.41, 5.74) is 4.12. The molecule has 2 N–H and O–H groups in total. The maximum atomic E-state index is 12.7. The number of nitrogens with zero attached hydrogens (tertiary/aromatic N) is 6. The molecule has 0 aliphatic heterocycles. The van der Waals surface area contributed by atoms with Gasteiger partial charge in [0.1, 0.15) is 0 Å². The van der Waals surface area contributed by atoms with E-state index in [4.69, 9.17) is 0 Å². The number of H-pyrrole nitrogens is 1. The molecule has 0 spiro atoms. The third-order valence-electron chi connectivity index (χ3n) is 5.33. The number of aryl methyl sites for hydroxylation is 2. The molecule has 1 aliphatic carbocycles. The molecule has 30 heavy (non-hydrogen) atoms. The first-order chi connectivity index (χ1) is 14.5. The van der Waals surface area contributed by atoms with Crippen LogP contribution in [0.15, 0.2) is 35.1 Å². The number of aromatic amines is 1. The van der Waals surface area contributed by atoms with Crippen LogP contribution in [0.1, 0.15) is 35.8 Å². The number of aromatic nitrogens is 7. The number of anilines is 1. The van der Waals surface area contributed by atoms with E-state index < -0.39 is 0 Å². The molecule has 0 unspecified atom stereocenters. The Hall–Kier alpha value is -3.82. The number of benzene rings is 1. The number of amides is 1. The smallest absolute Gasteiger partial charge is 0.266 e. The van der Waals surface area contributed by atoms with E-state index in [-0.39, 0.29) is 17.9 Å². The first-order valence-corrected chi connectivity index (χ1v) is 9.75. The molecule has 3 aromatic heterocycles. The van der Waals surface area contributed by atoms with Crippen molar-refractivity contribution in [3.63, 3.8) is 0 Å². The summed E-state index contributed by atoms with van der Waals surface area (Å²) in [6.07, 6.45) is 2.31. The lowest BCUT2D eigenvalue weighted by molar-refractivity contribution is -0.115. The molecule has 0 bridgehead atoms. The fraction of sp³-hybridized carbons (Fsp3) is 0.300. The molecule has 0 atom stereocenters. The van der Waals surface area contributed by atoms with Crippen LogP contribution in [0.2, 0.25) is 0 Å². The van der Waals surface area contributed by atoms with Gasteiger partial charge in [-0.15, -0.1) is 5.10 Å². The van der Waals surface area contributed by atoms with E-state index in [0.29, 0.717) is 23.2 Å². The Morgan fingerprint density at radius 2 is 2.10 bits per heavy atom. The van der Waals surface area contributed by atoms with Crippen LogP contribution in [0.5, 0.6) is 0 Å². The minimum absolute atomic E-state index is 0.144. The zero-order chi connectivity index (χ0) is 20.8. The largest absolute Gasteiger partial charge is 0.326 e. The average molecular weight is 404 g/mol. The van der Waals surface area contributed by atoms with Crippen LogP contribution < -0.4 is 10.9 Å². The molecular formula is C20H20N8O2. The van der Waals surface area contributed by atoms with Crippen molar-refractivity contribution in [1.29, 1.82) is 0 Å². The Bertz CT molecular complexity index is 1330. The van der Waals surface area contributed by atoms with Crippen molar-refractivity contribution in [3.8, 4) is 11.4 Å². The highest BCUT2D eigenvalue weighted by atomic mass is 16.1. The minimum atomic E-state index is -0.225. The van der Waals surface area contributed by atoms with Crippen molar-refractivity contribution in [1.82, 2.24) is 34.8 Å². The topological polar surface area (TPSA) is 123 Å². The zero-order valence-electron chi connectivity index (χ0n) is 16.6. The fourth-order valence-electron chi connectivity index (χ4n) is 3.66. The Kier molecular flexibility index (Phi) is 4.19. The molecule has 1 fully saturated rings. The van der Waals surface area contributed by atoms with Crippen molar-refractivity contribution < 1.29 is 4.79 Å². The summed E-state index contributed by atoms with van der Waals surface area (Å²) < 4.78 is 3.45. The van der Waals surface area contributed by atoms with Crippen LogP contribution in [0, 0.1) is 13.8 Å². The van der Waals surface area contributed by atoms with Gasteiger partial charge in [0.05, 0.1) is 12.5 Å². The van der Waals surface area contributed by atoms with Crippen molar-refractivity contribution in [2.45, 2.75) is 39.2 Å². The fourth-order valence-corrected chi connectivity index (χ4v) is 3.66. The van der Waals surface area contributed by atoms with Gasteiger partial charge in [-0.2, -0.15) is 0 Å². The lowest BCUT2D eigenvalue weighted by Crippen LogP contribution is -2.18. The van der Waals surface area contributed by atoms with Crippen LogP contribution in [0.4, 0.5) is 5.69 Å². The number of fused-ring (bicyclic) bond motifs is 1. The van der Waals surface area contributed by atoms with Crippen molar-refractivity contribution in [2.75, 3.05) is 5.32 Å². The molecule has 10 heteroatoms. The van der Waals surface area contributed by atoms with E-state index in [1.807, 2.05) is 42.8 Å². The SMILES string of the molecule is Cc1nc2cc(=O)[nH]n2c(C)c1CC(=O)Nc1cccc(-c2nnnn2C2CC2)c1. The van der Waals surface area contributed by atoms with Gasteiger partial charge in [-0.25, -0.2) is 14.2 Å². The van der Waals surface area contributed by atoms with E-state index >= 15 is 0 Å². The second kappa shape index (κ2) is 6.90. The second-order valence-corrected chi connectivity index (χ2v) is 7.56. The summed E-state index contributed by atoms with van der Waals surface area (Å²) in [4.78, 5) is 28.8. The highest BCUT2D eigenvalue weighted by Gasteiger charge is 2.28. The summed E-state index contributed by atoms with van der Waals surface area (Å²) in [6.45, 7) is 3.70. The minimum Gasteiger partial charge on any atom is -0.326 e. The summed E-state index contributed by atoms with van der Waals surface area (Å²) >= 11 is 0. The predicted molar refractivity (Wildman–Crippen MR) is 109 cm³/mol. The first-order valence-electron chi connectivity index (χ1n) is 9.75. The lowest BCUT2D eigenvalue weighted by Gasteiger charge is -2.12. The van der Waals surface area contributed by atoms with Crippen molar-refractivity contribution >= 4 is 17.2 Å². The number of nitrogens with one attached hydrogen (secondary N) is 2. The third-order valence-corrected chi connectivity index (χ3v) is 5.33. The molecule has 1 saturated carbocycles. The maximum Gasteiger partial charge on any atom is 0.266 e. The predicted octanol–water partition coefficient (Wildman–Crippen LogP) is 1.81. The number of tetrazole rings is 1. The average Bonchev–Trinajstić information content (AvgIpc) is 3.31. The zero-order valence-corrected chi connectivity index (χ0v) is 16.6. The second-order valence-electron chi connectivity index (χ2n) is 7.56. The molecular weight excluding hydrogens is 384 g/mol. The molecule has 1 aliphatic rings. The summed E-state index contributed by atoms with van der Waals surface area (Å²) in [5, 5.41) is 17.7. The Balaban J connectivity index is 1.38. The van der Waals surface area contributed by atoms with Gasteiger partial charge in [0.25, 0.3) is 5.56 Å². The summed E-state index contributed by atoms with van der Waals surface area (Å²) in [7, 11) is 0. The molecule has 4 aromatic rings. The molecule has 0 radical (unpaired) electrons. The number of carbonyl (C=O) groups excluding carboxylic acids is 1. The van der Waals surface area contributed by atoms with E-state index in [1.165, 1.54) is 6.07 Å². The van der Waals surface area contributed by atoms with Gasteiger partial charge in [0, 0.05) is 34.3 Å². The number of hydrogen-bond donors (Lipinski definition) is 2. The van der Waals surface area contributed by atoms with Gasteiger partial charge in [-0.05, 0) is 49.2 Å². The highest BCUT2D eigenvalue weighted by molar-refractivity contribution is 5.93. The first kappa shape index (κ1) is 18.2. The molecule has 1 aromatic carbocycles. The van der Waals surface area contributed by atoms with Crippen LogP contribution in [-0.2, 0) is 11.2 Å². The molecule has 1 amide bonds. The standard InChI is InChI=1S/C20H20N8O2/c1-11-16(12(2)27-17(21-11)10-19(30)24-27)9-18(29)22-14-5-3-4-13(8-14)20-23-25-26-28(20)15-6-7-15/h3-5,8,10,15H,6-7,9H2,1-2H3,(H,22,29)(H,24,30). The van der Waals surface area contributed by atoms with Gasteiger partial charge in [-0.3, -0.25) is 14.7 Å². The Labute approximate surface area is 170 Å². The Morgan fingerprint density at radius 3 is 2.90 bits per heavy atom. The molecule has 152 valence electrons. The van der Waals surface area contributed by atoms with Crippen molar-refractivity contribution in [2.24, 2.45) is 0 Å². The van der Waals surface area contributed by atoms with E-state index in [1.54, 1.807) is 4.52 Å². The highest BCUT2D eigenvalue weighted by Crippen LogP contribution is 2.36. The summed E-state index contributed by atoms with van der Waals surface area (Å²) in [6, 6.07) is 9.29. The number of carbonyl (C=O) groups is 1. The van der Waals surface area contributed by atoms with Crippen molar-refractivity contribution in [3.05, 3.63) is 57.6 Å². The molecule has 5 rings (SSSR count). The van der Waals surface area contributed by atoms with Gasteiger partial charge in [-0.1, -0.05) is 12.1 Å². The maximum absolute atomic E-state index is 12.7. The monoisotopic (exact) mass is 404 g/mol. The number of hydrogen-bond acceptors (Lipinski definition) is 6. The molecule has 10 nitrogen and oxygen atoms in total. The molecule has 0 saturated heterocycles. The summed E-state index contributed by atoms with van der Waals surface area (Å²) in [5.74, 6) is 0.530. The van der Waals surface area contributed by atoms with Crippen LogP contribution in [0.3, 0.4) is 0 Å².